The molecule has 2 rings (SSSR count). The lowest BCUT2D eigenvalue weighted by atomic mass is 10.2. The van der Waals surface area contributed by atoms with Crippen molar-refractivity contribution >= 4 is 10.9 Å². The summed E-state index contributed by atoms with van der Waals surface area (Å²) in [5.74, 6) is 0. The van der Waals surface area contributed by atoms with Crippen LogP contribution in [0.25, 0.3) is 10.9 Å². The van der Waals surface area contributed by atoms with Crippen LogP contribution in [0, 0.1) is 5.41 Å². The predicted octanol–water partition coefficient (Wildman–Crippen LogP) is 2.14. The maximum Gasteiger partial charge on any atom is 0.125 e. The molecule has 1 aromatic heterocycles. The number of benzene rings is 1. The summed E-state index contributed by atoms with van der Waals surface area (Å²) in [4.78, 5) is 0. The van der Waals surface area contributed by atoms with Gasteiger partial charge in [0, 0.05) is 12.1 Å². The Kier molecular flexibility index (Phi) is 1.89. The summed E-state index contributed by atoms with van der Waals surface area (Å²) in [6.07, 6.45) is 0. The molecule has 0 radical (unpaired) electrons. The van der Waals surface area contributed by atoms with Gasteiger partial charge in [-0.1, -0.05) is 18.2 Å². The molecule has 0 saturated heterocycles. The van der Waals surface area contributed by atoms with Gasteiger partial charge in [0.25, 0.3) is 0 Å². The van der Waals surface area contributed by atoms with Crippen molar-refractivity contribution < 1.29 is 0 Å². The summed E-state index contributed by atoms with van der Waals surface area (Å²) in [5.41, 5.74) is 1.71. The molecule has 66 valence electrons. The van der Waals surface area contributed by atoms with Gasteiger partial charge in [-0.3, -0.25) is 5.41 Å². The van der Waals surface area contributed by atoms with Crippen molar-refractivity contribution in [2.75, 3.05) is 0 Å². The first-order valence-corrected chi connectivity index (χ1v) is 4.46. The smallest absolute Gasteiger partial charge is 0.125 e. The van der Waals surface area contributed by atoms with E-state index >= 15 is 0 Å². The molecule has 1 heterocycles. The van der Waals surface area contributed by atoms with Crippen molar-refractivity contribution in [2.24, 2.45) is 0 Å². The van der Waals surface area contributed by atoms with E-state index in [2.05, 4.69) is 19.1 Å². The molecular weight excluding hydrogens is 160 g/mol. The highest BCUT2D eigenvalue weighted by Crippen LogP contribution is 2.10. The van der Waals surface area contributed by atoms with Crippen molar-refractivity contribution in [3.8, 4) is 0 Å². The van der Waals surface area contributed by atoms with E-state index in [4.69, 9.17) is 5.41 Å². The molecule has 0 bridgehead atoms. The summed E-state index contributed by atoms with van der Waals surface area (Å²) in [6, 6.07) is 12.0. The number of fused-ring (bicyclic) bond motifs is 1. The highest BCUT2D eigenvalue weighted by atomic mass is 15.0. The third-order valence-corrected chi connectivity index (χ3v) is 2.26. The number of rotatable bonds is 1. The second-order valence-corrected chi connectivity index (χ2v) is 3.02. The van der Waals surface area contributed by atoms with Crippen LogP contribution in [0.2, 0.25) is 0 Å². The molecule has 13 heavy (non-hydrogen) atoms. The summed E-state index contributed by atoms with van der Waals surface area (Å²) < 4.78 is 2.00. The number of para-hydroxylation sites is 1. The molecule has 0 fully saturated rings. The largest absolute Gasteiger partial charge is 0.327 e. The van der Waals surface area contributed by atoms with Gasteiger partial charge in [-0.2, -0.15) is 0 Å². The Hall–Kier alpha value is -1.57. The maximum atomic E-state index is 7.72. The highest BCUT2D eigenvalue weighted by molar-refractivity contribution is 5.78. The molecule has 2 aromatic rings. The number of nitrogens with one attached hydrogen (secondary N) is 1. The molecule has 0 aliphatic rings. The average molecular weight is 172 g/mol. The molecule has 0 aliphatic carbocycles. The van der Waals surface area contributed by atoms with Gasteiger partial charge in [-0.25, -0.2) is 0 Å². The lowest BCUT2D eigenvalue weighted by Crippen LogP contribution is -2.17. The number of hydrogen-bond donors (Lipinski definition) is 1. The third kappa shape index (κ3) is 1.24. The molecule has 2 heteroatoms. The summed E-state index contributed by atoms with van der Waals surface area (Å²) in [5, 5.41) is 8.91. The van der Waals surface area contributed by atoms with Crippen LogP contribution in [-0.2, 0) is 6.54 Å². The molecule has 0 amide bonds. The Labute approximate surface area is 77.0 Å². The summed E-state index contributed by atoms with van der Waals surface area (Å²) in [7, 11) is 0. The Balaban J connectivity index is 2.92. The van der Waals surface area contributed by atoms with Gasteiger partial charge in [0.1, 0.15) is 5.49 Å². The van der Waals surface area contributed by atoms with Crippen molar-refractivity contribution in [2.45, 2.75) is 13.5 Å². The Morgan fingerprint density at radius 2 is 1.92 bits per heavy atom. The van der Waals surface area contributed by atoms with Crippen LogP contribution in [0.5, 0.6) is 0 Å². The molecule has 2 nitrogen and oxygen atoms in total. The molecule has 0 saturated carbocycles. The second kappa shape index (κ2) is 3.05. The van der Waals surface area contributed by atoms with Crippen LogP contribution < -0.4 is 5.49 Å². The zero-order valence-electron chi connectivity index (χ0n) is 7.62. The summed E-state index contributed by atoms with van der Waals surface area (Å²) >= 11 is 0. The molecule has 0 aliphatic heterocycles. The van der Waals surface area contributed by atoms with Gasteiger partial charge in [0.15, 0.2) is 0 Å². The van der Waals surface area contributed by atoms with Crippen LogP contribution in [-0.4, -0.2) is 4.57 Å². The van der Waals surface area contributed by atoms with Gasteiger partial charge in [-0.15, -0.1) is 0 Å². The fraction of sp³-hybridized carbons (Fsp3) is 0.182. The zero-order chi connectivity index (χ0) is 9.26. The van der Waals surface area contributed by atoms with E-state index in [1.165, 1.54) is 5.39 Å². The van der Waals surface area contributed by atoms with Crippen LogP contribution in [0.4, 0.5) is 0 Å². The molecule has 0 atom stereocenters. The van der Waals surface area contributed by atoms with Crippen LogP contribution >= 0.6 is 0 Å². The third-order valence-electron chi connectivity index (χ3n) is 2.26. The van der Waals surface area contributed by atoms with Gasteiger partial charge >= 0.3 is 0 Å². The van der Waals surface area contributed by atoms with Crippen LogP contribution in [0.15, 0.2) is 36.4 Å². The first-order valence-electron chi connectivity index (χ1n) is 4.46. The van der Waals surface area contributed by atoms with Gasteiger partial charge in [0.2, 0.25) is 0 Å². The quantitative estimate of drug-likeness (QED) is 0.683. The maximum absolute atomic E-state index is 7.72. The molecule has 1 aromatic carbocycles. The van der Waals surface area contributed by atoms with Gasteiger partial charge < -0.3 is 4.57 Å². The molecule has 0 unspecified atom stereocenters. The summed E-state index contributed by atoms with van der Waals surface area (Å²) in [6.45, 7) is 2.91. The number of aryl methyl sites for hydroxylation is 1. The topological polar surface area (TPSA) is 28.8 Å². The molecular formula is C11H12N2. The Morgan fingerprint density at radius 3 is 2.69 bits per heavy atom. The first kappa shape index (κ1) is 8.05. The van der Waals surface area contributed by atoms with Gasteiger partial charge in [-0.05, 0) is 30.5 Å². The van der Waals surface area contributed by atoms with E-state index in [9.17, 15) is 0 Å². The first-order chi connectivity index (χ1) is 6.33. The minimum Gasteiger partial charge on any atom is -0.327 e. The Bertz CT molecular complexity index is 483. The van der Waals surface area contributed by atoms with Crippen molar-refractivity contribution in [3.05, 3.63) is 41.9 Å². The monoisotopic (exact) mass is 172 g/mol. The minimum atomic E-state index is 0.571. The number of pyridine rings is 1. The van der Waals surface area contributed by atoms with E-state index in [1.54, 1.807) is 0 Å². The van der Waals surface area contributed by atoms with Crippen molar-refractivity contribution in [3.63, 3.8) is 0 Å². The van der Waals surface area contributed by atoms with E-state index in [0.29, 0.717) is 5.49 Å². The molecule has 0 spiro atoms. The van der Waals surface area contributed by atoms with Crippen LogP contribution in [0.3, 0.4) is 0 Å². The normalized spacial score (nSPS) is 10.5. The van der Waals surface area contributed by atoms with E-state index in [1.807, 2.05) is 28.8 Å². The average Bonchev–Trinajstić information content (AvgIpc) is 2.18. The number of nitrogens with zero attached hydrogens (tertiary/aromatic N) is 1. The van der Waals surface area contributed by atoms with Crippen molar-refractivity contribution in [1.29, 1.82) is 5.41 Å². The van der Waals surface area contributed by atoms with Crippen LogP contribution in [0.1, 0.15) is 6.92 Å². The second-order valence-electron chi connectivity index (χ2n) is 3.02. The van der Waals surface area contributed by atoms with E-state index in [-0.39, 0.29) is 0 Å². The minimum absolute atomic E-state index is 0.571. The predicted molar refractivity (Wildman–Crippen MR) is 53.5 cm³/mol. The number of aromatic nitrogens is 1. The lowest BCUT2D eigenvalue weighted by molar-refractivity contribution is 0.733. The zero-order valence-corrected chi connectivity index (χ0v) is 7.62. The molecule has 1 N–H and O–H groups in total. The SMILES string of the molecule is CCn1c(=N)ccc2ccccc21. The van der Waals surface area contributed by atoms with E-state index < -0.39 is 0 Å². The standard InChI is InChI=1S/C11H12N2/c1-2-13-10-6-4-3-5-9(10)7-8-11(13)12/h3-8,12H,2H2,1H3. The Morgan fingerprint density at radius 1 is 1.15 bits per heavy atom. The fourth-order valence-electron chi connectivity index (χ4n) is 1.60. The van der Waals surface area contributed by atoms with Crippen molar-refractivity contribution in [1.82, 2.24) is 4.57 Å². The lowest BCUT2D eigenvalue weighted by Gasteiger charge is -2.07. The van der Waals surface area contributed by atoms with E-state index in [0.717, 1.165) is 12.1 Å². The fourth-order valence-corrected chi connectivity index (χ4v) is 1.60. The number of hydrogen-bond acceptors (Lipinski definition) is 1. The van der Waals surface area contributed by atoms with Gasteiger partial charge in [0.05, 0.1) is 0 Å². The highest BCUT2D eigenvalue weighted by Gasteiger charge is 1.96.